The van der Waals surface area contributed by atoms with E-state index in [9.17, 15) is 5.11 Å². The molecule has 0 spiro atoms. The second-order valence-corrected chi connectivity index (χ2v) is 5.61. The predicted molar refractivity (Wildman–Crippen MR) is 73.6 cm³/mol. The molecule has 1 unspecified atom stereocenters. The highest BCUT2D eigenvalue weighted by Crippen LogP contribution is 2.11. The zero-order valence-electron chi connectivity index (χ0n) is 12.4. The lowest BCUT2D eigenvalue weighted by Gasteiger charge is -2.27. The maximum Gasteiger partial charge on any atom is 0.0869 e. The van der Waals surface area contributed by atoms with Gasteiger partial charge in [-0.2, -0.15) is 5.10 Å². The molecule has 1 heterocycles. The standard InChI is InChI=1S/C13H26N4O/c1-10-12(11(2)17(6)15-10)7-14-8-13(3,18)9-16(4)5/h14,18H,7-9H2,1-6H3. The van der Waals surface area contributed by atoms with Crippen molar-refractivity contribution in [3.05, 3.63) is 17.0 Å². The Morgan fingerprint density at radius 1 is 1.39 bits per heavy atom. The van der Waals surface area contributed by atoms with Gasteiger partial charge in [-0.15, -0.1) is 0 Å². The van der Waals surface area contributed by atoms with Crippen molar-refractivity contribution >= 4 is 0 Å². The zero-order chi connectivity index (χ0) is 13.9. The Kier molecular flexibility index (Phi) is 4.90. The molecule has 0 aromatic carbocycles. The summed E-state index contributed by atoms with van der Waals surface area (Å²) in [5, 5.41) is 17.9. The largest absolute Gasteiger partial charge is 0.388 e. The number of nitrogens with one attached hydrogen (secondary N) is 1. The molecule has 1 aromatic heterocycles. The average Bonchev–Trinajstić information content (AvgIpc) is 2.42. The molecule has 0 aliphatic carbocycles. The third-order valence-electron chi connectivity index (χ3n) is 3.12. The smallest absolute Gasteiger partial charge is 0.0869 e. The lowest BCUT2D eigenvalue weighted by molar-refractivity contribution is 0.0335. The second-order valence-electron chi connectivity index (χ2n) is 5.61. The Bertz CT molecular complexity index is 396. The predicted octanol–water partition coefficient (Wildman–Crippen LogP) is 0.439. The third kappa shape index (κ3) is 4.08. The van der Waals surface area contributed by atoms with E-state index in [1.807, 2.05) is 44.6 Å². The molecule has 18 heavy (non-hydrogen) atoms. The first-order valence-corrected chi connectivity index (χ1v) is 6.30. The van der Waals surface area contributed by atoms with E-state index in [1.165, 1.54) is 11.3 Å². The summed E-state index contributed by atoms with van der Waals surface area (Å²) in [4.78, 5) is 1.99. The van der Waals surface area contributed by atoms with Gasteiger partial charge in [0.15, 0.2) is 0 Å². The van der Waals surface area contributed by atoms with Gasteiger partial charge in [-0.25, -0.2) is 0 Å². The van der Waals surface area contributed by atoms with Gasteiger partial charge in [0.2, 0.25) is 0 Å². The van der Waals surface area contributed by atoms with E-state index in [4.69, 9.17) is 0 Å². The molecule has 0 radical (unpaired) electrons. The Balaban J connectivity index is 2.51. The van der Waals surface area contributed by atoms with Crippen molar-refractivity contribution in [1.82, 2.24) is 20.0 Å². The van der Waals surface area contributed by atoms with Gasteiger partial charge in [-0.1, -0.05) is 0 Å². The lowest BCUT2D eigenvalue weighted by Crippen LogP contribution is -2.45. The molecular formula is C13H26N4O. The van der Waals surface area contributed by atoms with Gasteiger partial charge in [0.1, 0.15) is 0 Å². The summed E-state index contributed by atoms with van der Waals surface area (Å²) in [7, 11) is 5.88. The molecule has 0 bridgehead atoms. The Hall–Kier alpha value is -0.910. The second kappa shape index (κ2) is 5.82. The molecule has 1 aromatic rings. The normalized spacial score (nSPS) is 15.1. The maximum absolute atomic E-state index is 10.2. The van der Waals surface area contributed by atoms with Gasteiger partial charge in [-0.3, -0.25) is 4.68 Å². The average molecular weight is 254 g/mol. The van der Waals surface area contributed by atoms with Crippen molar-refractivity contribution < 1.29 is 5.11 Å². The van der Waals surface area contributed by atoms with Crippen molar-refractivity contribution in [3.8, 4) is 0 Å². The minimum Gasteiger partial charge on any atom is -0.388 e. The van der Waals surface area contributed by atoms with E-state index in [0.717, 1.165) is 12.2 Å². The van der Waals surface area contributed by atoms with Crippen molar-refractivity contribution in [2.45, 2.75) is 32.9 Å². The van der Waals surface area contributed by atoms with Crippen LogP contribution in [0.3, 0.4) is 0 Å². The van der Waals surface area contributed by atoms with Gasteiger partial charge >= 0.3 is 0 Å². The van der Waals surface area contributed by atoms with Crippen molar-refractivity contribution in [2.75, 3.05) is 27.2 Å². The molecule has 0 amide bonds. The van der Waals surface area contributed by atoms with E-state index >= 15 is 0 Å². The fourth-order valence-corrected chi connectivity index (χ4v) is 2.27. The summed E-state index contributed by atoms with van der Waals surface area (Å²) in [5.41, 5.74) is 2.73. The lowest BCUT2D eigenvalue weighted by atomic mass is 10.1. The first-order chi connectivity index (χ1) is 8.23. The molecule has 0 saturated carbocycles. The Morgan fingerprint density at radius 3 is 2.44 bits per heavy atom. The monoisotopic (exact) mass is 254 g/mol. The molecule has 5 nitrogen and oxygen atoms in total. The molecular weight excluding hydrogens is 228 g/mol. The van der Waals surface area contributed by atoms with E-state index in [-0.39, 0.29) is 0 Å². The van der Waals surface area contributed by atoms with Crippen LogP contribution >= 0.6 is 0 Å². The minimum atomic E-state index is -0.715. The quantitative estimate of drug-likeness (QED) is 0.773. The molecule has 104 valence electrons. The molecule has 0 saturated heterocycles. The molecule has 0 aliphatic heterocycles. The van der Waals surface area contributed by atoms with Crippen molar-refractivity contribution in [3.63, 3.8) is 0 Å². The van der Waals surface area contributed by atoms with Crippen LogP contribution in [0.4, 0.5) is 0 Å². The number of aryl methyl sites for hydroxylation is 2. The maximum atomic E-state index is 10.2. The van der Waals surface area contributed by atoms with Gasteiger partial charge in [-0.05, 0) is 34.9 Å². The fraction of sp³-hybridized carbons (Fsp3) is 0.769. The third-order valence-corrected chi connectivity index (χ3v) is 3.12. The van der Waals surface area contributed by atoms with E-state index in [2.05, 4.69) is 17.3 Å². The number of rotatable bonds is 6. The van der Waals surface area contributed by atoms with Crippen molar-refractivity contribution in [1.29, 1.82) is 0 Å². The van der Waals surface area contributed by atoms with Crippen LogP contribution in [0.25, 0.3) is 0 Å². The number of aromatic nitrogens is 2. The molecule has 0 aliphatic rings. The van der Waals surface area contributed by atoms with Crippen LogP contribution in [0, 0.1) is 13.8 Å². The highest BCUT2D eigenvalue weighted by Gasteiger charge is 2.21. The Labute approximate surface area is 110 Å². The summed E-state index contributed by atoms with van der Waals surface area (Å²) >= 11 is 0. The molecule has 1 atom stereocenters. The first kappa shape index (κ1) is 15.1. The highest BCUT2D eigenvalue weighted by atomic mass is 16.3. The Morgan fingerprint density at radius 2 is 2.00 bits per heavy atom. The van der Waals surface area contributed by atoms with Gasteiger partial charge in [0.25, 0.3) is 0 Å². The summed E-state index contributed by atoms with van der Waals surface area (Å²) in [6.07, 6.45) is 0. The van der Waals surface area contributed by atoms with E-state index in [0.29, 0.717) is 13.1 Å². The van der Waals surface area contributed by atoms with Crippen LogP contribution in [0.1, 0.15) is 23.9 Å². The summed E-state index contributed by atoms with van der Waals surface area (Å²) in [6.45, 7) is 7.89. The van der Waals surface area contributed by atoms with Gasteiger partial charge < -0.3 is 15.3 Å². The van der Waals surface area contributed by atoms with E-state index in [1.54, 1.807) is 0 Å². The van der Waals surface area contributed by atoms with Crippen LogP contribution in [0.2, 0.25) is 0 Å². The number of aliphatic hydroxyl groups is 1. The summed E-state index contributed by atoms with van der Waals surface area (Å²) < 4.78 is 1.89. The number of nitrogens with zero attached hydrogens (tertiary/aromatic N) is 3. The zero-order valence-corrected chi connectivity index (χ0v) is 12.4. The van der Waals surface area contributed by atoms with Gasteiger partial charge in [0, 0.05) is 37.9 Å². The highest BCUT2D eigenvalue weighted by molar-refractivity contribution is 5.23. The van der Waals surface area contributed by atoms with Gasteiger partial charge in [0.05, 0.1) is 11.3 Å². The topological polar surface area (TPSA) is 53.3 Å². The summed E-state index contributed by atoms with van der Waals surface area (Å²) in [5.74, 6) is 0. The molecule has 2 N–H and O–H groups in total. The summed E-state index contributed by atoms with van der Waals surface area (Å²) in [6, 6.07) is 0. The van der Waals surface area contributed by atoms with Crippen LogP contribution in [-0.2, 0) is 13.6 Å². The van der Waals surface area contributed by atoms with Crippen LogP contribution in [0.15, 0.2) is 0 Å². The fourth-order valence-electron chi connectivity index (χ4n) is 2.27. The van der Waals surface area contributed by atoms with Crippen LogP contribution in [-0.4, -0.2) is 52.6 Å². The molecule has 5 heteroatoms. The number of hydrogen-bond acceptors (Lipinski definition) is 4. The van der Waals surface area contributed by atoms with E-state index < -0.39 is 5.60 Å². The molecule has 1 rings (SSSR count). The number of likely N-dealkylation sites (N-methyl/N-ethyl adjacent to an activating group) is 1. The van der Waals surface area contributed by atoms with Crippen LogP contribution < -0.4 is 5.32 Å². The van der Waals surface area contributed by atoms with Crippen LogP contribution in [0.5, 0.6) is 0 Å². The number of hydrogen-bond donors (Lipinski definition) is 2. The van der Waals surface area contributed by atoms with Crippen molar-refractivity contribution in [2.24, 2.45) is 7.05 Å². The minimum absolute atomic E-state index is 0.568. The molecule has 0 fully saturated rings. The SMILES string of the molecule is Cc1nn(C)c(C)c1CNCC(C)(O)CN(C)C. The first-order valence-electron chi connectivity index (χ1n) is 6.30.